The Balaban J connectivity index is 2.33. The Morgan fingerprint density at radius 3 is 2.62 bits per heavy atom. The van der Waals surface area contributed by atoms with Crippen LogP contribution in [-0.2, 0) is 0 Å². The van der Waals surface area contributed by atoms with Gasteiger partial charge < -0.3 is 10.2 Å². The van der Waals surface area contributed by atoms with Gasteiger partial charge in [0.05, 0.1) is 5.69 Å². The van der Waals surface area contributed by atoms with Crippen molar-refractivity contribution in [2.45, 2.75) is 31.8 Å². The van der Waals surface area contributed by atoms with Gasteiger partial charge in [0, 0.05) is 18.1 Å². The number of benzene rings is 1. The van der Waals surface area contributed by atoms with Crippen LogP contribution < -0.4 is 10.2 Å². The Morgan fingerprint density at radius 1 is 1.38 bits per heavy atom. The molecule has 0 saturated carbocycles. The summed E-state index contributed by atoms with van der Waals surface area (Å²) in [7, 11) is 1.97. The minimum Gasteiger partial charge on any atom is -0.362 e. The van der Waals surface area contributed by atoms with Gasteiger partial charge in [0.1, 0.15) is 5.82 Å². The van der Waals surface area contributed by atoms with Crippen LogP contribution in [0.1, 0.15) is 20.3 Å². The third-order valence-electron chi connectivity index (χ3n) is 3.68. The lowest BCUT2D eigenvalue weighted by atomic mass is 9.95. The van der Waals surface area contributed by atoms with Crippen molar-refractivity contribution < 1.29 is 4.39 Å². The molecule has 1 saturated heterocycles. The van der Waals surface area contributed by atoms with Crippen molar-refractivity contribution in [1.82, 2.24) is 5.32 Å². The van der Waals surface area contributed by atoms with E-state index in [1.165, 1.54) is 6.07 Å². The Labute approximate surface area is 96.5 Å². The third-order valence-corrected chi connectivity index (χ3v) is 3.68. The van der Waals surface area contributed by atoms with Crippen LogP contribution in [0.4, 0.5) is 10.1 Å². The lowest BCUT2D eigenvalue weighted by molar-refractivity contribution is 0.400. The highest BCUT2D eigenvalue weighted by Gasteiger charge is 2.41. The molecule has 1 atom stereocenters. The molecule has 1 aromatic rings. The van der Waals surface area contributed by atoms with Gasteiger partial charge in [-0.1, -0.05) is 12.1 Å². The summed E-state index contributed by atoms with van der Waals surface area (Å²) < 4.78 is 13.8. The maximum atomic E-state index is 13.8. The number of anilines is 1. The van der Waals surface area contributed by atoms with Crippen molar-refractivity contribution in [2.24, 2.45) is 0 Å². The molecule has 2 nitrogen and oxygen atoms in total. The van der Waals surface area contributed by atoms with Gasteiger partial charge in [-0.15, -0.1) is 0 Å². The van der Waals surface area contributed by atoms with Crippen LogP contribution in [0.25, 0.3) is 0 Å². The van der Waals surface area contributed by atoms with Gasteiger partial charge in [-0.25, -0.2) is 4.39 Å². The molecule has 1 aliphatic heterocycles. The predicted molar refractivity (Wildman–Crippen MR) is 65.3 cm³/mol. The summed E-state index contributed by atoms with van der Waals surface area (Å²) in [5, 5.41) is 3.31. The molecular weight excluding hydrogens is 203 g/mol. The summed E-state index contributed by atoms with van der Waals surface area (Å²) >= 11 is 0. The summed E-state index contributed by atoms with van der Waals surface area (Å²) in [6.45, 7) is 5.22. The summed E-state index contributed by atoms with van der Waals surface area (Å²) in [4.78, 5) is 2.16. The molecule has 0 aliphatic carbocycles. The van der Waals surface area contributed by atoms with Gasteiger partial charge in [-0.3, -0.25) is 0 Å². The van der Waals surface area contributed by atoms with E-state index in [0.29, 0.717) is 11.7 Å². The second-order valence-electron chi connectivity index (χ2n) is 4.89. The van der Waals surface area contributed by atoms with Gasteiger partial charge in [0.15, 0.2) is 0 Å². The third kappa shape index (κ3) is 1.69. The fraction of sp³-hybridized carbons (Fsp3) is 0.538. The quantitative estimate of drug-likeness (QED) is 0.826. The van der Waals surface area contributed by atoms with Gasteiger partial charge in [0.2, 0.25) is 0 Å². The zero-order valence-electron chi connectivity index (χ0n) is 10.1. The van der Waals surface area contributed by atoms with Crippen molar-refractivity contribution in [3.05, 3.63) is 30.1 Å². The van der Waals surface area contributed by atoms with Crippen LogP contribution in [0.2, 0.25) is 0 Å². The molecule has 0 radical (unpaired) electrons. The summed E-state index contributed by atoms with van der Waals surface area (Å²) in [5.41, 5.74) is 0.668. The van der Waals surface area contributed by atoms with Crippen LogP contribution in [0, 0.1) is 5.82 Å². The maximum absolute atomic E-state index is 13.8. The zero-order valence-corrected chi connectivity index (χ0v) is 10.1. The van der Waals surface area contributed by atoms with Crippen LogP contribution in [-0.4, -0.2) is 25.2 Å². The minimum atomic E-state index is -0.132. The minimum absolute atomic E-state index is 0.0447. The largest absolute Gasteiger partial charge is 0.362 e. The molecule has 0 aromatic heterocycles. The first-order chi connectivity index (χ1) is 7.57. The second kappa shape index (κ2) is 4.06. The predicted octanol–water partition coefficient (Wildman–Crippen LogP) is 2.40. The van der Waals surface area contributed by atoms with E-state index >= 15 is 0 Å². The molecular formula is C13H19FN2. The SMILES string of the molecule is CNC1CCN(c2ccccc2F)C1(C)C. The lowest BCUT2D eigenvalue weighted by Crippen LogP contribution is -2.50. The van der Waals surface area contributed by atoms with E-state index in [9.17, 15) is 4.39 Å². The molecule has 1 unspecified atom stereocenters. The maximum Gasteiger partial charge on any atom is 0.146 e. The number of hydrogen-bond donors (Lipinski definition) is 1. The fourth-order valence-electron chi connectivity index (χ4n) is 2.69. The molecule has 88 valence electrons. The van der Waals surface area contributed by atoms with E-state index in [4.69, 9.17) is 0 Å². The molecule has 1 heterocycles. The highest BCUT2D eigenvalue weighted by atomic mass is 19.1. The molecule has 1 aromatic carbocycles. The smallest absolute Gasteiger partial charge is 0.146 e. The van der Waals surface area contributed by atoms with E-state index in [1.54, 1.807) is 6.07 Å². The van der Waals surface area contributed by atoms with Crippen molar-refractivity contribution in [3.8, 4) is 0 Å². The number of likely N-dealkylation sites (N-methyl/N-ethyl adjacent to an activating group) is 1. The van der Waals surface area contributed by atoms with Crippen LogP contribution >= 0.6 is 0 Å². The molecule has 0 spiro atoms. The van der Waals surface area contributed by atoms with Gasteiger partial charge in [-0.05, 0) is 39.4 Å². The molecule has 0 bridgehead atoms. The average Bonchev–Trinajstić information content (AvgIpc) is 2.54. The van der Waals surface area contributed by atoms with Crippen molar-refractivity contribution in [1.29, 1.82) is 0 Å². The van der Waals surface area contributed by atoms with Crippen molar-refractivity contribution in [3.63, 3.8) is 0 Å². The molecule has 2 rings (SSSR count). The Hall–Kier alpha value is -1.09. The average molecular weight is 222 g/mol. The Morgan fingerprint density at radius 2 is 2.06 bits per heavy atom. The van der Waals surface area contributed by atoms with Crippen LogP contribution in [0.15, 0.2) is 24.3 Å². The van der Waals surface area contributed by atoms with Crippen molar-refractivity contribution in [2.75, 3.05) is 18.5 Å². The van der Waals surface area contributed by atoms with Gasteiger partial charge in [0.25, 0.3) is 0 Å². The number of halogens is 1. The summed E-state index contributed by atoms with van der Waals surface area (Å²) in [6.07, 6.45) is 1.05. The zero-order chi connectivity index (χ0) is 11.8. The lowest BCUT2D eigenvalue weighted by Gasteiger charge is -2.37. The van der Waals surface area contributed by atoms with E-state index in [1.807, 2.05) is 19.2 Å². The topological polar surface area (TPSA) is 15.3 Å². The van der Waals surface area contributed by atoms with Crippen molar-refractivity contribution >= 4 is 5.69 Å². The highest BCUT2D eigenvalue weighted by Crippen LogP contribution is 2.34. The van der Waals surface area contributed by atoms with E-state index < -0.39 is 0 Å². The molecule has 1 fully saturated rings. The molecule has 1 aliphatic rings. The molecule has 16 heavy (non-hydrogen) atoms. The Bertz CT molecular complexity index is 376. The number of hydrogen-bond acceptors (Lipinski definition) is 2. The number of nitrogens with zero attached hydrogens (tertiary/aromatic N) is 1. The summed E-state index contributed by atoms with van der Waals surface area (Å²) in [6, 6.07) is 7.42. The van der Waals surface area contributed by atoms with E-state index in [-0.39, 0.29) is 11.4 Å². The normalized spacial score (nSPS) is 23.8. The molecule has 1 N–H and O–H groups in total. The molecule has 3 heteroatoms. The highest BCUT2D eigenvalue weighted by molar-refractivity contribution is 5.52. The fourth-order valence-corrected chi connectivity index (χ4v) is 2.69. The second-order valence-corrected chi connectivity index (χ2v) is 4.89. The number of rotatable bonds is 2. The number of para-hydroxylation sites is 1. The van der Waals surface area contributed by atoms with E-state index in [0.717, 1.165) is 13.0 Å². The van der Waals surface area contributed by atoms with Gasteiger partial charge in [-0.2, -0.15) is 0 Å². The number of nitrogens with one attached hydrogen (secondary N) is 1. The monoisotopic (exact) mass is 222 g/mol. The van der Waals surface area contributed by atoms with Crippen LogP contribution in [0.3, 0.4) is 0 Å². The van der Waals surface area contributed by atoms with E-state index in [2.05, 4.69) is 24.1 Å². The first-order valence-electron chi connectivity index (χ1n) is 5.77. The first-order valence-corrected chi connectivity index (χ1v) is 5.77. The molecule has 0 amide bonds. The first kappa shape index (κ1) is 11.4. The van der Waals surface area contributed by atoms with Gasteiger partial charge >= 0.3 is 0 Å². The van der Waals surface area contributed by atoms with Crippen LogP contribution in [0.5, 0.6) is 0 Å². The summed E-state index contributed by atoms with van der Waals surface area (Å²) in [5.74, 6) is -0.132. The standard InChI is InChI=1S/C13H19FN2/c1-13(2)12(15-3)8-9-16(13)11-7-5-4-6-10(11)14/h4-7,12,15H,8-9H2,1-3H3. The Kier molecular flexibility index (Phi) is 2.89.